The van der Waals surface area contributed by atoms with Gasteiger partial charge < -0.3 is 14.6 Å². The maximum atomic E-state index is 9.16. The van der Waals surface area contributed by atoms with E-state index in [1.807, 2.05) is 13.8 Å². The Balaban J connectivity index is 3.02. The van der Waals surface area contributed by atoms with Crippen molar-refractivity contribution in [2.24, 2.45) is 0 Å². The fourth-order valence-corrected chi connectivity index (χ4v) is 0.666. The SMILES string of the molecule is CCCOCC(O)COCC. The quantitative estimate of drug-likeness (QED) is 0.563. The lowest BCUT2D eigenvalue weighted by atomic mass is 10.4. The normalized spacial score (nSPS) is 13.4. The van der Waals surface area contributed by atoms with Gasteiger partial charge in [0.25, 0.3) is 0 Å². The summed E-state index contributed by atoms with van der Waals surface area (Å²) in [5.41, 5.74) is 0. The predicted molar refractivity (Wildman–Crippen MR) is 43.6 cm³/mol. The number of hydrogen-bond acceptors (Lipinski definition) is 3. The Morgan fingerprint density at radius 2 is 1.82 bits per heavy atom. The molecule has 3 nitrogen and oxygen atoms in total. The van der Waals surface area contributed by atoms with Gasteiger partial charge >= 0.3 is 0 Å². The van der Waals surface area contributed by atoms with Gasteiger partial charge in [0.1, 0.15) is 6.10 Å². The molecule has 0 heterocycles. The summed E-state index contributed by atoms with van der Waals surface area (Å²) in [7, 11) is 0. The van der Waals surface area contributed by atoms with Crippen LogP contribution >= 0.6 is 0 Å². The van der Waals surface area contributed by atoms with Gasteiger partial charge in [-0.1, -0.05) is 6.92 Å². The van der Waals surface area contributed by atoms with E-state index in [0.29, 0.717) is 26.4 Å². The summed E-state index contributed by atoms with van der Waals surface area (Å²) in [6.07, 6.45) is 0.517. The largest absolute Gasteiger partial charge is 0.388 e. The third-order valence-electron chi connectivity index (χ3n) is 1.17. The lowest BCUT2D eigenvalue weighted by Gasteiger charge is -2.09. The van der Waals surface area contributed by atoms with Crippen LogP contribution in [0.1, 0.15) is 20.3 Å². The van der Waals surface area contributed by atoms with Gasteiger partial charge in [-0.25, -0.2) is 0 Å². The van der Waals surface area contributed by atoms with E-state index in [-0.39, 0.29) is 0 Å². The van der Waals surface area contributed by atoms with Crippen molar-refractivity contribution in [3.63, 3.8) is 0 Å². The average molecular weight is 162 g/mol. The minimum atomic E-state index is -0.471. The van der Waals surface area contributed by atoms with Crippen LogP contribution in [0.25, 0.3) is 0 Å². The molecule has 0 aromatic carbocycles. The molecule has 1 atom stereocenters. The Morgan fingerprint density at radius 3 is 2.36 bits per heavy atom. The zero-order valence-electron chi connectivity index (χ0n) is 7.38. The molecule has 0 amide bonds. The van der Waals surface area contributed by atoms with Gasteiger partial charge in [-0.2, -0.15) is 0 Å². The van der Waals surface area contributed by atoms with Gasteiger partial charge in [-0.05, 0) is 13.3 Å². The minimum absolute atomic E-state index is 0.375. The lowest BCUT2D eigenvalue weighted by molar-refractivity contribution is -0.0158. The maximum Gasteiger partial charge on any atom is 0.101 e. The fourth-order valence-electron chi connectivity index (χ4n) is 0.666. The molecule has 1 N–H and O–H groups in total. The molecule has 0 aliphatic rings. The van der Waals surface area contributed by atoms with Crippen LogP contribution in [0.15, 0.2) is 0 Å². The summed E-state index contributed by atoms with van der Waals surface area (Å²) in [5.74, 6) is 0. The van der Waals surface area contributed by atoms with E-state index in [9.17, 15) is 0 Å². The highest BCUT2D eigenvalue weighted by atomic mass is 16.5. The van der Waals surface area contributed by atoms with Crippen LogP contribution in [0, 0.1) is 0 Å². The van der Waals surface area contributed by atoms with E-state index in [1.165, 1.54) is 0 Å². The van der Waals surface area contributed by atoms with Crippen LogP contribution in [0.2, 0.25) is 0 Å². The van der Waals surface area contributed by atoms with Gasteiger partial charge in [-0.15, -0.1) is 0 Å². The summed E-state index contributed by atoms with van der Waals surface area (Å²) in [4.78, 5) is 0. The molecule has 11 heavy (non-hydrogen) atoms. The molecule has 0 aromatic rings. The molecule has 0 saturated carbocycles. The molecular formula is C8H18O3. The van der Waals surface area contributed by atoms with Crippen molar-refractivity contribution in [1.29, 1.82) is 0 Å². The molecule has 0 saturated heterocycles. The number of hydrogen-bond donors (Lipinski definition) is 1. The Hall–Kier alpha value is -0.120. The fraction of sp³-hybridized carbons (Fsp3) is 1.00. The number of aliphatic hydroxyl groups is 1. The summed E-state index contributed by atoms with van der Waals surface area (Å²) in [5, 5.41) is 9.16. The van der Waals surface area contributed by atoms with Crippen LogP contribution in [0.3, 0.4) is 0 Å². The molecule has 1 unspecified atom stereocenters. The first-order chi connectivity index (χ1) is 5.31. The van der Waals surface area contributed by atoms with Crippen LogP contribution in [0.4, 0.5) is 0 Å². The van der Waals surface area contributed by atoms with E-state index in [0.717, 1.165) is 6.42 Å². The second kappa shape index (κ2) is 7.98. The molecule has 0 aliphatic carbocycles. The van der Waals surface area contributed by atoms with Gasteiger partial charge in [0.15, 0.2) is 0 Å². The van der Waals surface area contributed by atoms with Gasteiger partial charge in [0.05, 0.1) is 13.2 Å². The Kier molecular flexibility index (Phi) is 7.89. The van der Waals surface area contributed by atoms with Gasteiger partial charge in [0.2, 0.25) is 0 Å². The summed E-state index contributed by atoms with van der Waals surface area (Å²) in [6, 6.07) is 0. The minimum Gasteiger partial charge on any atom is -0.388 e. The van der Waals surface area contributed by atoms with E-state index >= 15 is 0 Å². The topological polar surface area (TPSA) is 38.7 Å². The number of rotatable bonds is 7. The predicted octanol–water partition coefficient (Wildman–Crippen LogP) is 0.810. The second-order valence-corrected chi connectivity index (χ2v) is 2.39. The first-order valence-electron chi connectivity index (χ1n) is 4.14. The van der Waals surface area contributed by atoms with Crippen LogP contribution in [-0.4, -0.2) is 37.6 Å². The standard InChI is InChI=1S/C8H18O3/c1-3-5-11-7-8(9)6-10-4-2/h8-9H,3-7H2,1-2H3. The third kappa shape index (κ3) is 7.78. The zero-order chi connectivity index (χ0) is 8.53. The highest BCUT2D eigenvalue weighted by Gasteiger charge is 2.02. The molecule has 0 fully saturated rings. The van der Waals surface area contributed by atoms with Crippen LogP contribution < -0.4 is 0 Å². The number of aliphatic hydroxyl groups excluding tert-OH is 1. The molecule has 0 bridgehead atoms. The smallest absolute Gasteiger partial charge is 0.101 e. The molecule has 0 aromatic heterocycles. The van der Waals surface area contributed by atoms with E-state index < -0.39 is 6.10 Å². The monoisotopic (exact) mass is 162 g/mol. The Bertz CT molecular complexity index is 75.7. The molecular weight excluding hydrogens is 144 g/mol. The van der Waals surface area contributed by atoms with Crippen molar-refractivity contribution < 1.29 is 14.6 Å². The van der Waals surface area contributed by atoms with Crippen molar-refractivity contribution in [3.8, 4) is 0 Å². The lowest BCUT2D eigenvalue weighted by Crippen LogP contribution is -2.21. The molecule has 0 radical (unpaired) electrons. The first kappa shape index (κ1) is 10.9. The van der Waals surface area contributed by atoms with Crippen molar-refractivity contribution >= 4 is 0 Å². The third-order valence-corrected chi connectivity index (χ3v) is 1.17. The highest BCUT2D eigenvalue weighted by molar-refractivity contribution is 4.50. The van der Waals surface area contributed by atoms with Crippen LogP contribution in [-0.2, 0) is 9.47 Å². The first-order valence-corrected chi connectivity index (χ1v) is 4.14. The molecule has 0 aliphatic heterocycles. The Labute approximate surface area is 68.3 Å². The average Bonchev–Trinajstić information content (AvgIpc) is 2.01. The van der Waals surface area contributed by atoms with Crippen molar-refractivity contribution in [1.82, 2.24) is 0 Å². The van der Waals surface area contributed by atoms with E-state index in [2.05, 4.69) is 0 Å². The summed E-state index contributed by atoms with van der Waals surface area (Å²) in [6.45, 7) is 6.05. The molecule has 0 rings (SSSR count). The van der Waals surface area contributed by atoms with Gasteiger partial charge in [-0.3, -0.25) is 0 Å². The highest BCUT2D eigenvalue weighted by Crippen LogP contribution is 1.88. The number of ether oxygens (including phenoxy) is 2. The van der Waals surface area contributed by atoms with E-state index in [1.54, 1.807) is 0 Å². The van der Waals surface area contributed by atoms with Crippen molar-refractivity contribution in [2.75, 3.05) is 26.4 Å². The molecule has 0 spiro atoms. The van der Waals surface area contributed by atoms with Crippen molar-refractivity contribution in [3.05, 3.63) is 0 Å². The second-order valence-electron chi connectivity index (χ2n) is 2.39. The van der Waals surface area contributed by atoms with E-state index in [4.69, 9.17) is 14.6 Å². The molecule has 68 valence electrons. The summed E-state index contributed by atoms with van der Waals surface area (Å²) >= 11 is 0. The maximum absolute atomic E-state index is 9.16. The Morgan fingerprint density at radius 1 is 1.18 bits per heavy atom. The van der Waals surface area contributed by atoms with Crippen molar-refractivity contribution in [2.45, 2.75) is 26.4 Å². The van der Waals surface area contributed by atoms with Gasteiger partial charge in [0, 0.05) is 13.2 Å². The zero-order valence-corrected chi connectivity index (χ0v) is 7.38. The van der Waals surface area contributed by atoms with Crippen LogP contribution in [0.5, 0.6) is 0 Å². The summed E-state index contributed by atoms with van der Waals surface area (Å²) < 4.78 is 10.1. The molecule has 3 heteroatoms.